The molecule has 2 heterocycles. The second-order valence-electron chi connectivity index (χ2n) is 6.85. The molecule has 14 nitrogen and oxygen atoms in total. The average Bonchev–Trinajstić information content (AvgIpc) is 3.24. The molecular weight excluding hydrogens is 474 g/mol. The number of aromatic nitrogens is 1. The van der Waals surface area contributed by atoms with Gasteiger partial charge in [-0.25, -0.2) is 14.4 Å². The van der Waals surface area contributed by atoms with Gasteiger partial charge >= 0.3 is 23.9 Å². The monoisotopic (exact) mass is 499 g/mol. The molecule has 0 fully saturated rings. The largest absolute Gasteiger partial charge is 0.460 e. The minimum Gasteiger partial charge on any atom is -0.460 e. The minimum absolute atomic E-state index is 0.0619. The van der Waals surface area contributed by atoms with Crippen molar-refractivity contribution in [2.45, 2.75) is 12.5 Å². The second-order valence-corrected chi connectivity index (χ2v) is 6.85. The molecule has 1 unspecified atom stereocenters. The first-order chi connectivity index (χ1) is 16.8. The Morgan fingerprint density at radius 3 is 1.89 bits per heavy atom. The molecule has 0 radical (unpaired) electrons. The van der Waals surface area contributed by atoms with E-state index in [-0.39, 0.29) is 11.3 Å². The third kappa shape index (κ3) is 7.21. The molecule has 0 spiro atoms. The van der Waals surface area contributed by atoms with Crippen molar-refractivity contribution in [1.29, 1.82) is 0 Å². The van der Waals surface area contributed by atoms with Crippen LogP contribution in [0.15, 0.2) is 18.5 Å². The summed E-state index contributed by atoms with van der Waals surface area (Å²) in [7, 11) is 0. The van der Waals surface area contributed by atoms with Crippen LogP contribution in [-0.2, 0) is 19.0 Å². The third-order valence-corrected chi connectivity index (χ3v) is 4.31. The van der Waals surface area contributed by atoms with Crippen LogP contribution < -0.4 is 4.74 Å². The van der Waals surface area contributed by atoms with Crippen molar-refractivity contribution >= 4 is 29.4 Å². The van der Waals surface area contributed by atoms with Crippen LogP contribution in [0.25, 0.3) is 5.52 Å². The maximum atomic E-state index is 12.9. The van der Waals surface area contributed by atoms with Crippen LogP contribution in [-0.4, -0.2) is 106 Å². The summed E-state index contributed by atoms with van der Waals surface area (Å²) in [4.78, 5) is 50.3. The van der Waals surface area contributed by atoms with Gasteiger partial charge in [0.1, 0.15) is 25.6 Å². The van der Waals surface area contributed by atoms with Crippen molar-refractivity contribution in [3.63, 3.8) is 0 Å². The van der Waals surface area contributed by atoms with E-state index in [1.807, 2.05) is 0 Å². The van der Waals surface area contributed by atoms with E-state index in [1.54, 1.807) is 0 Å². The van der Waals surface area contributed by atoms with Gasteiger partial charge in [-0.05, 0) is 0 Å². The number of pyridine rings is 1. The van der Waals surface area contributed by atoms with Gasteiger partial charge in [-0.2, -0.15) is 0 Å². The summed E-state index contributed by atoms with van der Waals surface area (Å²) in [6, 6.07) is 1.17. The van der Waals surface area contributed by atoms with E-state index < -0.39 is 99.3 Å². The molecule has 0 aliphatic carbocycles. The molecule has 0 amide bonds. The molecule has 35 heavy (non-hydrogen) atoms. The summed E-state index contributed by atoms with van der Waals surface area (Å²) < 4.78 is 21.0. The second kappa shape index (κ2) is 13.4. The fourth-order valence-corrected chi connectivity index (χ4v) is 2.92. The highest BCUT2D eigenvalue weighted by Crippen LogP contribution is 2.28. The molecule has 2 aromatic heterocycles. The van der Waals surface area contributed by atoms with E-state index in [4.69, 9.17) is 39.4 Å². The molecule has 0 bridgehead atoms. The quantitative estimate of drug-likeness (QED) is 0.150. The molecule has 0 saturated heterocycles. The standard InChI is InChI=1S/C21H25NO13/c23-1-4-32-19(29)14-10-22-9-13(35-16(28)7-12(27)11-26)8-15(22)18(21(31)34-6-3-25)17(14)20(30)33-5-2-24/h8-10,12,23-27H,1-7,11H2. The molecular formula is C21H25NO13. The summed E-state index contributed by atoms with van der Waals surface area (Å²) in [6.07, 6.45) is 0.385. The zero-order valence-electron chi connectivity index (χ0n) is 18.4. The van der Waals surface area contributed by atoms with Gasteiger partial charge in [-0.1, -0.05) is 0 Å². The smallest absolute Gasteiger partial charge is 0.341 e. The molecule has 2 rings (SSSR count). The van der Waals surface area contributed by atoms with E-state index in [1.165, 1.54) is 16.7 Å². The SMILES string of the molecule is O=C(CC(O)CO)Oc1cc2c(C(=O)OCCO)c(C(=O)OCCO)c(C(=O)OCCO)cn2c1. The summed E-state index contributed by atoms with van der Waals surface area (Å²) >= 11 is 0. The predicted molar refractivity (Wildman–Crippen MR) is 113 cm³/mol. The highest BCUT2D eigenvalue weighted by Gasteiger charge is 2.31. The van der Waals surface area contributed by atoms with Crippen molar-refractivity contribution in [1.82, 2.24) is 4.40 Å². The molecule has 0 aromatic carbocycles. The molecule has 14 heteroatoms. The van der Waals surface area contributed by atoms with Gasteiger partial charge in [0.15, 0.2) is 0 Å². The van der Waals surface area contributed by atoms with Crippen LogP contribution in [0, 0.1) is 0 Å². The van der Waals surface area contributed by atoms with E-state index in [0.717, 1.165) is 6.20 Å². The maximum Gasteiger partial charge on any atom is 0.341 e. The Hall–Kier alpha value is -3.56. The van der Waals surface area contributed by atoms with Gasteiger partial charge < -0.3 is 48.9 Å². The highest BCUT2D eigenvalue weighted by atomic mass is 16.6. The number of rotatable bonds is 13. The maximum absolute atomic E-state index is 12.9. The van der Waals surface area contributed by atoms with Crippen molar-refractivity contribution in [2.24, 2.45) is 0 Å². The Labute approximate surface area is 197 Å². The van der Waals surface area contributed by atoms with Crippen LogP contribution >= 0.6 is 0 Å². The highest BCUT2D eigenvalue weighted by molar-refractivity contribution is 6.13. The zero-order chi connectivity index (χ0) is 26.0. The average molecular weight is 499 g/mol. The summed E-state index contributed by atoms with van der Waals surface area (Å²) in [5.41, 5.74) is -1.59. The summed E-state index contributed by atoms with van der Waals surface area (Å²) in [5, 5.41) is 45.2. The van der Waals surface area contributed by atoms with Crippen molar-refractivity contribution < 1.29 is 63.7 Å². The lowest BCUT2D eigenvalue weighted by Gasteiger charge is -2.15. The minimum atomic E-state index is -1.36. The van der Waals surface area contributed by atoms with E-state index in [9.17, 15) is 24.3 Å². The van der Waals surface area contributed by atoms with Gasteiger partial charge in [0.05, 0.1) is 67.4 Å². The van der Waals surface area contributed by atoms with Gasteiger partial charge in [0, 0.05) is 12.3 Å². The molecule has 0 aliphatic heterocycles. The van der Waals surface area contributed by atoms with E-state index in [2.05, 4.69) is 0 Å². The fraction of sp³-hybridized carbons (Fsp3) is 0.429. The summed E-state index contributed by atoms with van der Waals surface area (Å²) in [6.45, 7) is -3.61. The van der Waals surface area contributed by atoms with Gasteiger partial charge in [-0.3, -0.25) is 4.79 Å². The number of esters is 4. The number of aliphatic hydroxyl groups excluding tert-OH is 5. The van der Waals surface area contributed by atoms with Crippen molar-refractivity contribution in [3.05, 3.63) is 35.2 Å². The van der Waals surface area contributed by atoms with Crippen LogP contribution in [0.4, 0.5) is 0 Å². The fourth-order valence-electron chi connectivity index (χ4n) is 2.92. The zero-order valence-corrected chi connectivity index (χ0v) is 18.4. The van der Waals surface area contributed by atoms with Gasteiger partial charge in [0.25, 0.3) is 0 Å². The predicted octanol–water partition coefficient (Wildman–Crippen LogP) is -1.96. The van der Waals surface area contributed by atoms with E-state index in [0.29, 0.717) is 0 Å². The number of hydrogen-bond acceptors (Lipinski definition) is 13. The number of aliphatic hydroxyl groups is 5. The molecule has 5 N–H and O–H groups in total. The first-order valence-electron chi connectivity index (χ1n) is 10.3. The van der Waals surface area contributed by atoms with E-state index >= 15 is 0 Å². The molecule has 1 atom stereocenters. The number of ether oxygens (including phenoxy) is 4. The van der Waals surface area contributed by atoms with Crippen LogP contribution in [0.2, 0.25) is 0 Å². The number of hydrogen-bond donors (Lipinski definition) is 5. The van der Waals surface area contributed by atoms with Crippen molar-refractivity contribution in [3.8, 4) is 5.75 Å². The summed E-state index contributed by atoms with van der Waals surface area (Å²) in [5.74, 6) is -4.49. The van der Waals surface area contributed by atoms with Crippen LogP contribution in [0.1, 0.15) is 37.5 Å². The molecule has 192 valence electrons. The van der Waals surface area contributed by atoms with Crippen LogP contribution in [0.5, 0.6) is 5.75 Å². The van der Waals surface area contributed by atoms with Gasteiger partial charge in [0.2, 0.25) is 0 Å². The first-order valence-corrected chi connectivity index (χ1v) is 10.3. The van der Waals surface area contributed by atoms with Gasteiger partial charge in [-0.15, -0.1) is 0 Å². The number of fused-ring (bicyclic) bond motifs is 1. The molecule has 2 aromatic rings. The third-order valence-electron chi connectivity index (χ3n) is 4.31. The lowest BCUT2D eigenvalue weighted by molar-refractivity contribution is -0.137. The Balaban J connectivity index is 2.68. The number of carbonyl (C=O) groups excluding carboxylic acids is 4. The van der Waals surface area contributed by atoms with Crippen molar-refractivity contribution in [2.75, 3.05) is 46.2 Å². The molecule has 0 saturated carbocycles. The molecule has 0 aliphatic rings. The Morgan fingerprint density at radius 2 is 1.34 bits per heavy atom. The van der Waals surface area contributed by atoms with Crippen LogP contribution in [0.3, 0.4) is 0 Å². The Morgan fingerprint density at radius 1 is 0.800 bits per heavy atom. The Kier molecular flexibility index (Phi) is 10.6. The first kappa shape index (κ1) is 27.7. The topological polar surface area (TPSA) is 211 Å². The normalized spacial score (nSPS) is 11.7. The lowest BCUT2D eigenvalue weighted by atomic mass is 10.0. The Bertz CT molecular complexity index is 1060. The lowest BCUT2D eigenvalue weighted by Crippen LogP contribution is -2.23. The number of nitrogens with zero attached hydrogens (tertiary/aromatic N) is 1. The number of carbonyl (C=O) groups is 4.